The molecule has 4 rings (SSSR count). The summed E-state index contributed by atoms with van der Waals surface area (Å²) in [6, 6.07) is 11.3. The fourth-order valence-electron chi connectivity index (χ4n) is 3.31. The maximum Gasteiger partial charge on any atom is 0.586 e. The Morgan fingerprint density at radius 2 is 1.79 bits per heavy atom. The molecule has 0 unspecified atom stereocenters. The summed E-state index contributed by atoms with van der Waals surface area (Å²) in [7, 11) is 0. The Labute approximate surface area is 160 Å². The van der Waals surface area contributed by atoms with Crippen LogP contribution in [0.2, 0.25) is 0 Å². The summed E-state index contributed by atoms with van der Waals surface area (Å²) in [6.07, 6.45) is -3.68. The molecule has 0 spiro atoms. The first kappa shape index (κ1) is 18.3. The summed E-state index contributed by atoms with van der Waals surface area (Å²) in [6.45, 7) is 2.87. The lowest BCUT2D eigenvalue weighted by atomic mass is 10.2. The van der Waals surface area contributed by atoms with Crippen molar-refractivity contribution in [2.75, 3.05) is 42.9 Å². The van der Waals surface area contributed by atoms with Crippen molar-refractivity contribution in [3.05, 3.63) is 42.5 Å². The second-order valence-electron chi connectivity index (χ2n) is 6.63. The van der Waals surface area contributed by atoms with Crippen LogP contribution in [0, 0.1) is 0 Å². The van der Waals surface area contributed by atoms with Gasteiger partial charge in [-0.1, -0.05) is 12.1 Å². The average Bonchev–Trinajstić information content (AvgIpc) is 2.96. The van der Waals surface area contributed by atoms with Gasteiger partial charge in [0.05, 0.1) is 12.2 Å². The van der Waals surface area contributed by atoms with Crippen LogP contribution in [0.25, 0.3) is 0 Å². The molecule has 0 bridgehead atoms. The van der Waals surface area contributed by atoms with Crippen LogP contribution in [0.15, 0.2) is 42.5 Å². The number of benzene rings is 2. The van der Waals surface area contributed by atoms with E-state index in [0.717, 1.165) is 5.69 Å². The van der Waals surface area contributed by atoms with Crippen LogP contribution in [0.4, 0.5) is 20.2 Å². The van der Waals surface area contributed by atoms with E-state index in [-0.39, 0.29) is 29.7 Å². The smallest absolute Gasteiger partial charge is 0.506 e. The molecule has 2 N–H and O–H groups in total. The number of halogens is 2. The molecular weight excluding hydrogens is 372 g/mol. The summed E-state index contributed by atoms with van der Waals surface area (Å²) < 4.78 is 34.8. The number of nitrogens with zero attached hydrogens (tertiary/aromatic N) is 2. The maximum atomic E-state index is 13.1. The van der Waals surface area contributed by atoms with E-state index in [1.807, 2.05) is 17.0 Å². The van der Waals surface area contributed by atoms with E-state index in [4.69, 9.17) is 0 Å². The molecule has 0 aromatic heterocycles. The SMILES string of the molecule is O=C(CN1CCN(c2ccccc2O)CC1)Nc1ccc2c(c1)OC(F)(F)O2. The molecule has 0 aliphatic carbocycles. The number of aromatic hydroxyl groups is 1. The Bertz CT molecular complexity index is 885. The number of anilines is 2. The molecule has 9 heteroatoms. The molecule has 7 nitrogen and oxygen atoms in total. The first-order valence-corrected chi connectivity index (χ1v) is 8.85. The average molecular weight is 391 g/mol. The minimum Gasteiger partial charge on any atom is -0.506 e. The van der Waals surface area contributed by atoms with Gasteiger partial charge in [-0.25, -0.2) is 0 Å². The number of phenols is 1. The number of hydrogen-bond donors (Lipinski definition) is 2. The standard InChI is InChI=1S/C19H19F2N3O4/c20-19(21)27-16-6-5-13(11-17(16)28-19)22-18(26)12-23-7-9-24(10-8-23)14-3-1-2-4-15(14)25/h1-6,11,25H,7-10,12H2,(H,22,26). The molecule has 2 aromatic rings. The van der Waals surface area contributed by atoms with Crippen LogP contribution in [-0.4, -0.2) is 54.9 Å². The van der Waals surface area contributed by atoms with Gasteiger partial charge in [0.15, 0.2) is 11.5 Å². The molecule has 28 heavy (non-hydrogen) atoms. The Morgan fingerprint density at radius 1 is 1.07 bits per heavy atom. The van der Waals surface area contributed by atoms with E-state index >= 15 is 0 Å². The molecule has 2 aromatic carbocycles. The van der Waals surface area contributed by atoms with Gasteiger partial charge in [0.2, 0.25) is 5.91 Å². The Morgan fingerprint density at radius 3 is 2.54 bits per heavy atom. The molecule has 2 heterocycles. The fraction of sp³-hybridized carbons (Fsp3) is 0.316. The first-order valence-electron chi connectivity index (χ1n) is 8.85. The highest BCUT2D eigenvalue weighted by Gasteiger charge is 2.43. The van der Waals surface area contributed by atoms with Gasteiger partial charge in [-0.15, -0.1) is 8.78 Å². The third-order valence-corrected chi connectivity index (χ3v) is 4.65. The highest BCUT2D eigenvalue weighted by atomic mass is 19.3. The number of phenolic OH excluding ortho intramolecular Hbond substituents is 1. The third-order valence-electron chi connectivity index (χ3n) is 4.65. The first-order chi connectivity index (χ1) is 13.4. The normalized spacial score (nSPS) is 18.1. The van der Waals surface area contributed by atoms with Crippen LogP contribution < -0.4 is 19.7 Å². The lowest BCUT2D eigenvalue weighted by Crippen LogP contribution is -2.48. The maximum absolute atomic E-state index is 13.1. The second kappa shape index (κ2) is 7.16. The minimum absolute atomic E-state index is 0.0664. The van der Waals surface area contributed by atoms with Crippen LogP contribution in [0.3, 0.4) is 0 Å². The van der Waals surface area contributed by atoms with Gasteiger partial charge >= 0.3 is 6.29 Å². The van der Waals surface area contributed by atoms with E-state index in [0.29, 0.717) is 31.9 Å². The summed E-state index contributed by atoms with van der Waals surface area (Å²) >= 11 is 0. The Kier molecular flexibility index (Phi) is 4.68. The predicted octanol–water partition coefficient (Wildman–Crippen LogP) is 2.47. The number of amides is 1. The number of carbonyl (C=O) groups is 1. The van der Waals surface area contributed by atoms with Gasteiger partial charge < -0.3 is 24.8 Å². The van der Waals surface area contributed by atoms with Crippen LogP contribution >= 0.6 is 0 Å². The third kappa shape index (κ3) is 3.94. The highest BCUT2D eigenvalue weighted by Crippen LogP contribution is 2.42. The summed E-state index contributed by atoms with van der Waals surface area (Å²) in [5.74, 6) is -0.189. The number of alkyl halides is 2. The van der Waals surface area contributed by atoms with Gasteiger partial charge in [-0.2, -0.15) is 0 Å². The summed E-state index contributed by atoms with van der Waals surface area (Å²) in [5.41, 5.74) is 1.14. The molecule has 2 aliphatic rings. The zero-order valence-corrected chi connectivity index (χ0v) is 14.9. The van der Waals surface area contributed by atoms with Crippen LogP contribution in [-0.2, 0) is 4.79 Å². The van der Waals surface area contributed by atoms with Crippen LogP contribution in [0.1, 0.15) is 0 Å². The topological polar surface area (TPSA) is 74.3 Å². The quantitative estimate of drug-likeness (QED) is 0.834. The summed E-state index contributed by atoms with van der Waals surface area (Å²) in [5, 5.41) is 12.6. The van der Waals surface area contributed by atoms with Crippen molar-refractivity contribution < 1.29 is 28.2 Å². The summed E-state index contributed by atoms with van der Waals surface area (Å²) in [4.78, 5) is 16.4. The predicted molar refractivity (Wildman–Crippen MR) is 98.0 cm³/mol. The van der Waals surface area contributed by atoms with Gasteiger partial charge in [-0.3, -0.25) is 9.69 Å². The molecule has 1 saturated heterocycles. The molecular formula is C19H19F2N3O4. The van der Waals surface area contributed by atoms with E-state index in [2.05, 4.69) is 19.7 Å². The Balaban J connectivity index is 1.29. The number of rotatable bonds is 4. The molecule has 1 fully saturated rings. The molecule has 0 saturated carbocycles. The largest absolute Gasteiger partial charge is 0.586 e. The molecule has 1 amide bonds. The number of fused-ring (bicyclic) bond motifs is 1. The van der Waals surface area contributed by atoms with E-state index < -0.39 is 6.29 Å². The van der Waals surface area contributed by atoms with Crippen LogP contribution in [0.5, 0.6) is 17.2 Å². The number of hydrogen-bond acceptors (Lipinski definition) is 6. The van der Waals surface area contributed by atoms with Crippen molar-refractivity contribution in [2.24, 2.45) is 0 Å². The van der Waals surface area contributed by atoms with Crippen molar-refractivity contribution in [3.8, 4) is 17.2 Å². The van der Waals surface area contributed by atoms with Gasteiger partial charge in [-0.05, 0) is 24.3 Å². The highest BCUT2D eigenvalue weighted by molar-refractivity contribution is 5.92. The number of para-hydroxylation sites is 2. The Hall–Kier alpha value is -3.07. The number of nitrogens with one attached hydrogen (secondary N) is 1. The number of piperazine rings is 1. The lowest BCUT2D eigenvalue weighted by Gasteiger charge is -2.35. The van der Waals surface area contributed by atoms with Crippen molar-refractivity contribution in [1.82, 2.24) is 4.90 Å². The van der Waals surface area contributed by atoms with Crippen molar-refractivity contribution >= 4 is 17.3 Å². The zero-order valence-electron chi connectivity index (χ0n) is 14.9. The molecule has 148 valence electrons. The van der Waals surface area contributed by atoms with Gasteiger partial charge in [0.25, 0.3) is 0 Å². The fourth-order valence-corrected chi connectivity index (χ4v) is 3.31. The zero-order chi connectivity index (χ0) is 19.7. The van der Waals surface area contributed by atoms with E-state index in [1.165, 1.54) is 18.2 Å². The van der Waals surface area contributed by atoms with Gasteiger partial charge in [0.1, 0.15) is 5.75 Å². The minimum atomic E-state index is -3.68. The molecule has 0 radical (unpaired) electrons. The molecule has 0 atom stereocenters. The number of ether oxygens (including phenoxy) is 2. The molecule has 2 aliphatic heterocycles. The van der Waals surface area contributed by atoms with E-state index in [1.54, 1.807) is 12.1 Å². The lowest BCUT2D eigenvalue weighted by molar-refractivity contribution is -0.286. The van der Waals surface area contributed by atoms with Crippen molar-refractivity contribution in [2.45, 2.75) is 6.29 Å². The van der Waals surface area contributed by atoms with E-state index in [9.17, 15) is 18.7 Å². The van der Waals surface area contributed by atoms with Crippen molar-refractivity contribution in [1.29, 1.82) is 0 Å². The number of carbonyl (C=O) groups excluding carboxylic acids is 1. The second-order valence-corrected chi connectivity index (χ2v) is 6.63. The van der Waals surface area contributed by atoms with Crippen molar-refractivity contribution in [3.63, 3.8) is 0 Å². The monoisotopic (exact) mass is 391 g/mol. The van der Waals surface area contributed by atoms with Gasteiger partial charge in [0, 0.05) is 37.9 Å².